The average molecular weight is 332 g/mol. The maximum Gasteiger partial charge on any atom is 0.138 e. The number of hydrogen-bond donors (Lipinski definition) is 2. The van der Waals surface area contributed by atoms with Gasteiger partial charge in [0.1, 0.15) is 5.75 Å². The van der Waals surface area contributed by atoms with E-state index in [2.05, 4.69) is 59.8 Å². The van der Waals surface area contributed by atoms with Crippen LogP contribution in [0.3, 0.4) is 0 Å². The van der Waals surface area contributed by atoms with Crippen molar-refractivity contribution >= 4 is 5.69 Å². The van der Waals surface area contributed by atoms with Gasteiger partial charge in [0.2, 0.25) is 0 Å². The Hall–Kier alpha value is -1.18. The van der Waals surface area contributed by atoms with Gasteiger partial charge in [-0.1, -0.05) is 47.6 Å². The van der Waals surface area contributed by atoms with Gasteiger partial charge in [0.05, 0.1) is 5.69 Å². The van der Waals surface area contributed by atoms with Gasteiger partial charge in [-0.2, -0.15) is 0 Å². The summed E-state index contributed by atoms with van der Waals surface area (Å²) in [5.41, 5.74) is 4.05. The molecule has 0 aromatic heterocycles. The van der Waals surface area contributed by atoms with Crippen molar-refractivity contribution in [2.24, 2.45) is 11.3 Å². The molecule has 2 N–H and O–H groups in total. The van der Waals surface area contributed by atoms with Crippen LogP contribution in [-0.4, -0.2) is 11.1 Å². The minimum Gasteiger partial charge on any atom is -0.506 e. The van der Waals surface area contributed by atoms with Crippen LogP contribution in [0.4, 0.5) is 5.69 Å². The van der Waals surface area contributed by atoms with E-state index in [-0.39, 0.29) is 5.41 Å². The molecule has 0 radical (unpaired) electrons. The molecule has 1 aliphatic rings. The summed E-state index contributed by atoms with van der Waals surface area (Å²) in [5.74, 6) is 1.21. The van der Waals surface area contributed by atoms with Crippen molar-refractivity contribution in [2.45, 2.75) is 92.0 Å². The summed E-state index contributed by atoms with van der Waals surface area (Å²) in [6.07, 6.45) is 6.04. The van der Waals surface area contributed by atoms with E-state index in [1.807, 2.05) is 6.07 Å². The third-order valence-electron chi connectivity index (χ3n) is 6.36. The first-order chi connectivity index (χ1) is 11.1. The van der Waals surface area contributed by atoms with Crippen LogP contribution in [0.15, 0.2) is 12.1 Å². The Morgan fingerprint density at radius 1 is 1.04 bits per heavy atom. The van der Waals surface area contributed by atoms with Gasteiger partial charge in [0, 0.05) is 6.04 Å². The summed E-state index contributed by atoms with van der Waals surface area (Å²) in [5, 5.41) is 14.1. The second-order valence-corrected chi connectivity index (χ2v) is 9.43. The number of anilines is 1. The van der Waals surface area contributed by atoms with E-state index in [1.165, 1.54) is 36.8 Å². The molecule has 0 aliphatic heterocycles. The fraction of sp³-hybridized carbons (Fsp3) is 0.727. The van der Waals surface area contributed by atoms with Crippen LogP contribution in [0.1, 0.15) is 84.8 Å². The van der Waals surface area contributed by atoms with Crippen LogP contribution in [0.5, 0.6) is 5.75 Å². The Labute approximate surface area is 149 Å². The average Bonchev–Trinajstić information content (AvgIpc) is 2.50. The zero-order chi connectivity index (χ0) is 18.1. The Morgan fingerprint density at radius 3 is 2.12 bits per heavy atom. The van der Waals surface area contributed by atoms with Crippen molar-refractivity contribution in [1.29, 1.82) is 0 Å². The van der Waals surface area contributed by atoms with Gasteiger partial charge in [-0.25, -0.2) is 0 Å². The number of benzene rings is 1. The number of phenols is 1. The van der Waals surface area contributed by atoms with Gasteiger partial charge in [0.15, 0.2) is 0 Å². The van der Waals surface area contributed by atoms with Crippen molar-refractivity contribution in [2.75, 3.05) is 5.32 Å². The predicted octanol–water partition coefficient (Wildman–Crippen LogP) is 6.41. The summed E-state index contributed by atoms with van der Waals surface area (Å²) in [4.78, 5) is 0. The Bertz CT molecular complexity index is 560. The van der Waals surface area contributed by atoms with Crippen molar-refractivity contribution in [3.05, 3.63) is 23.3 Å². The molecule has 24 heavy (non-hydrogen) atoms. The van der Waals surface area contributed by atoms with Gasteiger partial charge in [0.25, 0.3) is 0 Å². The zero-order valence-electron chi connectivity index (χ0n) is 16.8. The third kappa shape index (κ3) is 4.07. The monoisotopic (exact) mass is 331 g/mol. The standard InChI is InChI=1S/C22H37NO/c1-8-22(6,7)18-13-14-19(24)20(15(18)2)23-17-11-9-16(10-12-17)21(3,4)5/h13-14,16-17,23-24H,8-12H2,1-7H3. The number of nitrogens with one attached hydrogen (secondary N) is 1. The summed E-state index contributed by atoms with van der Waals surface area (Å²) in [6, 6.07) is 4.44. The lowest BCUT2D eigenvalue weighted by Gasteiger charge is -2.38. The van der Waals surface area contributed by atoms with Crippen LogP contribution in [0, 0.1) is 18.3 Å². The fourth-order valence-corrected chi connectivity index (χ4v) is 4.11. The van der Waals surface area contributed by atoms with Crippen LogP contribution < -0.4 is 5.32 Å². The van der Waals surface area contributed by atoms with E-state index < -0.39 is 0 Å². The molecule has 1 aliphatic carbocycles. The maximum atomic E-state index is 10.4. The van der Waals surface area contributed by atoms with E-state index in [9.17, 15) is 5.11 Å². The number of aromatic hydroxyl groups is 1. The number of phenolic OH excluding ortho intramolecular Hbond substituents is 1. The quantitative estimate of drug-likeness (QED) is 0.625. The summed E-state index contributed by atoms with van der Waals surface area (Å²) in [7, 11) is 0. The van der Waals surface area contributed by atoms with E-state index in [4.69, 9.17) is 0 Å². The Kier molecular flexibility index (Phi) is 5.57. The molecule has 2 nitrogen and oxygen atoms in total. The highest BCUT2D eigenvalue weighted by molar-refractivity contribution is 5.65. The molecular formula is C22H37NO. The first kappa shape index (κ1) is 19.1. The largest absolute Gasteiger partial charge is 0.506 e. The van der Waals surface area contributed by atoms with Gasteiger partial charge >= 0.3 is 0 Å². The molecule has 1 aromatic rings. The maximum absolute atomic E-state index is 10.4. The molecule has 0 spiro atoms. The van der Waals surface area contributed by atoms with Crippen LogP contribution in [-0.2, 0) is 5.41 Å². The molecule has 0 bridgehead atoms. The fourth-order valence-electron chi connectivity index (χ4n) is 4.11. The Balaban J connectivity index is 2.15. The van der Waals surface area contributed by atoms with Crippen molar-refractivity contribution in [1.82, 2.24) is 0 Å². The Morgan fingerprint density at radius 2 is 1.62 bits per heavy atom. The van der Waals surface area contributed by atoms with Crippen LogP contribution in [0.2, 0.25) is 0 Å². The van der Waals surface area contributed by atoms with E-state index >= 15 is 0 Å². The first-order valence-corrected chi connectivity index (χ1v) is 9.66. The zero-order valence-corrected chi connectivity index (χ0v) is 16.8. The summed E-state index contributed by atoms with van der Waals surface area (Å²) >= 11 is 0. The molecule has 2 rings (SSSR count). The lowest BCUT2D eigenvalue weighted by atomic mass is 9.71. The van der Waals surface area contributed by atoms with Crippen LogP contribution >= 0.6 is 0 Å². The SMILES string of the molecule is CCC(C)(C)c1ccc(O)c(NC2CCC(C(C)(C)C)CC2)c1C. The molecule has 0 saturated heterocycles. The summed E-state index contributed by atoms with van der Waals surface area (Å²) < 4.78 is 0. The molecular weight excluding hydrogens is 294 g/mol. The highest BCUT2D eigenvalue weighted by atomic mass is 16.3. The van der Waals surface area contributed by atoms with Gasteiger partial charge in [-0.15, -0.1) is 0 Å². The van der Waals surface area contributed by atoms with Crippen molar-refractivity contribution < 1.29 is 5.11 Å². The smallest absolute Gasteiger partial charge is 0.138 e. The van der Waals surface area contributed by atoms with Gasteiger partial charge < -0.3 is 10.4 Å². The van der Waals surface area contributed by atoms with E-state index in [0.717, 1.165) is 18.0 Å². The lowest BCUT2D eigenvalue weighted by molar-refractivity contribution is 0.173. The van der Waals surface area contributed by atoms with Crippen molar-refractivity contribution in [3.8, 4) is 5.75 Å². The summed E-state index contributed by atoms with van der Waals surface area (Å²) in [6.45, 7) is 16.0. The van der Waals surface area contributed by atoms with Gasteiger partial charge in [-0.05, 0) is 73.0 Å². The van der Waals surface area contributed by atoms with Crippen molar-refractivity contribution in [3.63, 3.8) is 0 Å². The van der Waals surface area contributed by atoms with E-state index in [0.29, 0.717) is 17.2 Å². The molecule has 1 fully saturated rings. The molecule has 2 heteroatoms. The molecule has 1 saturated carbocycles. The molecule has 0 atom stereocenters. The molecule has 0 amide bonds. The number of rotatable bonds is 4. The molecule has 1 aromatic carbocycles. The van der Waals surface area contributed by atoms with Gasteiger partial charge in [-0.3, -0.25) is 0 Å². The topological polar surface area (TPSA) is 32.3 Å². The second kappa shape index (κ2) is 6.98. The highest BCUT2D eigenvalue weighted by Crippen LogP contribution is 2.41. The molecule has 136 valence electrons. The lowest BCUT2D eigenvalue weighted by Crippen LogP contribution is -2.32. The van der Waals surface area contributed by atoms with Crippen LogP contribution in [0.25, 0.3) is 0 Å². The minimum absolute atomic E-state index is 0.137. The molecule has 0 heterocycles. The predicted molar refractivity (Wildman–Crippen MR) is 105 cm³/mol. The number of hydrogen-bond acceptors (Lipinski definition) is 2. The van der Waals surface area contributed by atoms with E-state index in [1.54, 1.807) is 0 Å². The minimum atomic E-state index is 0.137. The second-order valence-electron chi connectivity index (χ2n) is 9.43. The normalized spacial score (nSPS) is 22.5. The third-order valence-corrected chi connectivity index (χ3v) is 6.36. The highest BCUT2D eigenvalue weighted by Gasteiger charge is 2.30. The first-order valence-electron chi connectivity index (χ1n) is 9.66. The molecule has 0 unspecified atom stereocenters.